The van der Waals surface area contributed by atoms with E-state index in [1.54, 1.807) is 12.1 Å². The lowest BCUT2D eigenvalue weighted by Crippen LogP contribution is -2.24. The molecule has 0 spiro atoms. The third-order valence-electron chi connectivity index (χ3n) is 3.72. The Bertz CT molecular complexity index is 809. The van der Waals surface area contributed by atoms with Crippen LogP contribution in [-0.2, 0) is 4.79 Å². The Morgan fingerprint density at radius 2 is 2.17 bits per heavy atom. The Morgan fingerprint density at radius 3 is 2.78 bits per heavy atom. The van der Waals surface area contributed by atoms with E-state index in [0.29, 0.717) is 23.5 Å². The normalized spacial score (nSPS) is 17.2. The van der Waals surface area contributed by atoms with Crippen LogP contribution in [0.4, 0.5) is 5.69 Å². The number of nitrogens with zero attached hydrogens (tertiary/aromatic N) is 3. The number of hydrogen-bond acceptors (Lipinski definition) is 5. The van der Waals surface area contributed by atoms with Crippen LogP contribution in [0.25, 0.3) is 0 Å². The highest BCUT2D eigenvalue weighted by molar-refractivity contribution is 6.01. The van der Waals surface area contributed by atoms with Gasteiger partial charge in [0.2, 0.25) is 5.91 Å². The number of nitro benzene ring substituents is 1. The zero-order valence-corrected chi connectivity index (χ0v) is 12.7. The van der Waals surface area contributed by atoms with Gasteiger partial charge >= 0.3 is 0 Å². The molecule has 1 aromatic carbocycles. The zero-order valence-electron chi connectivity index (χ0n) is 12.7. The number of aryl methyl sites for hydroxylation is 1. The van der Waals surface area contributed by atoms with Gasteiger partial charge in [-0.3, -0.25) is 14.9 Å². The van der Waals surface area contributed by atoms with E-state index in [4.69, 9.17) is 4.42 Å². The topological polar surface area (TPSA) is 89.0 Å². The summed E-state index contributed by atoms with van der Waals surface area (Å²) in [6, 6.07) is 9.55. The summed E-state index contributed by atoms with van der Waals surface area (Å²) in [4.78, 5) is 22.4. The number of hydrazone groups is 1. The maximum atomic E-state index is 11.9. The van der Waals surface area contributed by atoms with Crippen LogP contribution in [0.1, 0.15) is 36.5 Å². The maximum Gasteiger partial charge on any atom is 0.269 e. The fraction of sp³-hybridized carbons (Fsp3) is 0.250. The molecule has 1 aliphatic rings. The smallest absolute Gasteiger partial charge is 0.269 e. The highest BCUT2D eigenvalue weighted by Crippen LogP contribution is 2.34. The molecule has 1 atom stereocenters. The molecule has 3 rings (SSSR count). The van der Waals surface area contributed by atoms with Gasteiger partial charge in [-0.05, 0) is 24.6 Å². The summed E-state index contributed by atoms with van der Waals surface area (Å²) in [7, 11) is 0. The van der Waals surface area contributed by atoms with E-state index in [1.165, 1.54) is 24.1 Å². The average molecular weight is 313 g/mol. The number of non-ortho nitro benzene ring substituents is 1. The van der Waals surface area contributed by atoms with Gasteiger partial charge < -0.3 is 4.42 Å². The molecule has 0 saturated heterocycles. The van der Waals surface area contributed by atoms with Gasteiger partial charge in [0.05, 0.1) is 11.0 Å². The monoisotopic (exact) mass is 313 g/mol. The first-order chi connectivity index (χ1) is 11.0. The Morgan fingerprint density at radius 1 is 1.39 bits per heavy atom. The van der Waals surface area contributed by atoms with Gasteiger partial charge in [0.25, 0.3) is 5.69 Å². The molecule has 7 nitrogen and oxygen atoms in total. The molecule has 0 aliphatic carbocycles. The van der Waals surface area contributed by atoms with E-state index in [1.807, 2.05) is 19.1 Å². The second-order valence-electron chi connectivity index (χ2n) is 5.39. The van der Waals surface area contributed by atoms with Crippen molar-refractivity contribution in [3.8, 4) is 0 Å². The van der Waals surface area contributed by atoms with Crippen LogP contribution in [0.15, 0.2) is 45.9 Å². The van der Waals surface area contributed by atoms with Gasteiger partial charge in [0.1, 0.15) is 17.2 Å². The zero-order chi connectivity index (χ0) is 16.6. The molecule has 1 aromatic heterocycles. The van der Waals surface area contributed by atoms with Crippen LogP contribution in [0, 0.1) is 17.0 Å². The highest BCUT2D eigenvalue weighted by atomic mass is 16.6. The first-order valence-corrected chi connectivity index (χ1v) is 7.14. The standard InChI is InChI=1S/C16H15N3O4/c1-10-6-7-16(23-10)14-9-15(18(17-14)11(2)20)12-4-3-5-13(8-12)19(21)22/h3-8,15H,9H2,1-2H3. The van der Waals surface area contributed by atoms with Crippen LogP contribution >= 0.6 is 0 Å². The SMILES string of the molecule is CC(=O)N1N=C(c2ccc(C)o2)CC1c1cccc([N+](=O)[O-])c1. The molecule has 2 heterocycles. The van der Waals surface area contributed by atoms with Crippen LogP contribution in [0.2, 0.25) is 0 Å². The lowest BCUT2D eigenvalue weighted by molar-refractivity contribution is -0.384. The Kier molecular flexibility index (Phi) is 3.69. The molecule has 2 aromatic rings. The second kappa shape index (κ2) is 5.68. The number of carbonyl (C=O) groups is 1. The van der Waals surface area contributed by atoms with Gasteiger partial charge in [-0.25, -0.2) is 5.01 Å². The molecule has 1 unspecified atom stereocenters. The number of nitro groups is 1. The molecular weight excluding hydrogens is 298 g/mol. The maximum absolute atomic E-state index is 11.9. The fourth-order valence-electron chi connectivity index (χ4n) is 2.64. The summed E-state index contributed by atoms with van der Waals surface area (Å²) in [6.07, 6.45) is 0.452. The van der Waals surface area contributed by atoms with Crippen LogP contribution in [-0.4, -0.2) is 21.6 Å². The molecule has 0 radical (unpaired) electrons. The summed E-state index contributed by atoms with van der Waals surface area (Å²) >= 11 is 0. The number of carbonyl (C=O) groups excluding carboxylic acids is 1. The molecule has 0 N–H and O–H groups in total. The van der Waals surface area contributed by atoms with Crippen molar-refractivity contribution < 1.29 is 14.1 Å². The quantitative estimate of drug-likeness (QED) is 0.643. The number of furan rings is 1. The minimum absolute atomic E-state index is 0.00621. The largest absolute Gasteiger partial charge is 0.460 e. The molecule has 0 fully saturated rings. The summed E-state index contributed by atoms with van der Waals surface area (Å²) in [6.45, 7) is 3.25. The highest BCUT2D eigenvalue weighted by Gasteiger charge is 2.33. The van der Waals surface area contributed by atoms with Crippen molar-refractivity contribution in [2.24, 2.45) is 5.10 Å². The number of hydrogen-bond donors (Lipinski definition) is 0. The minimum atomic E-state index is -0.450. The van der Waals surface area contributed by atoms with Gasteiger partial charge in [0.15, 0.2) is 0 Å². The van der Waals surface area contributed by atoms with Crippen molar-refractivity contribution in [1.82, 2.24) is 5.01 Å². The molecule has 23 heavy (non-hydrogen) atoms. The molecule has 118 valence electrons. The van der Waals surface area contributed by atoms with Gasteiger partial charge in [-0.1, -0.05) is 12.1 Å². The summed E-state index contributed by atoms with van der Waals surface area (Å²) < 4.78 is 5.56. The van der Waals surface area contributed by atoms with Crippen molar-refractivity contribution in [2.75, 3.05) is 0 Å². The number of amides is 1. The van der Waals surface area contributed by atoms with Crippen molar-refractivity contribution in [1.29, 1.82) is 0 Å². The lowest BCUT2D eigenvalue weighted by Gasteiger charge is -2.20. The van der Waals surface area contributed by atoms with Gasteiger partial charge in [-0.15, -0.1) is 0 Å². The molecule has 0 bridgehead atoms. The summed E-state index contributed by atoms with van der Waals surface area (Å²) in [5.74, 6) is 1.15. The summed E-state index contributed by atoms with van der Waals surface area (Å²) in [5, 5.41) is 16.6. The minimum Gasteiger partial charge on any atom is -0.460 e. The van der Waals surface area contributed by atoms with E-state index in [9.17, 15) is 14.9 Å². The van der Waals surface area contributed by atoms with E-state index in [2.05, 4.69) is 5.10 Å². The molecule has 0 saturated carbocycles. The predicted octanol–water partition coefficient (Wildman–Crippen LogP) is 3.19. The third-order valence-corrected chi connectivity index (χ3v) is 3.72. The fourth-order valence-corrected chi connectivity index (χ4v) is 2.64. The number of rotatable bonds is 3. The number of benzene rings is 1. The van der Waals surface area contributed by atoms with Crippen LogP contribution in [0.5, 0.6) is 0 Å². The third kappa shape index (κ3) is 2.85. The molecule has 1 amide bonds. The Balaban J connectivity index is 1.95. The first-order valence-electron chi connectivity index (χ1n) is 7.14. The summed E-state index contributed by atoms with van der Waals surface area (Å²) in [5.41, 5.74) is 1.33. The van der Waals surface area contributed by atoms with Crippen molar-refractivity contribution in [3.05, 3.63) is 63.6 Å². The van der Waals surface area contributed by atoms with Gasteiger partial charge in [-0.2, -0.15) is 5.10 Å². The van der Waals surface area contributed by atoms with Crippen LogP contribution < -0.4 is 0 Å². The molecule has 1 aliphatic heterocycles. The van der Waals surface area contributed by atoms with E-state index in [-0.39, 0.29) is 17.6 Å². The molecular formula is C16H15N3O4. The van der Waals surface area contributed by atoms with Crippen molar-refractivity contribution in [2.45, 2.75) is 26.3 Å². The van der Waals surface area contributed by atoms with Crippen molar-refractivity contribution in [3.63, 3.8) is 0 Å². The second-order valence-corrected chi connectivity index (χ2v) is 5.39. The van der Waals surface area contributed by atoms with E-state index >= 15 is 0 Å². The average Bonchev–Trinajstić information content (AvgIpc) is 3.13. The Hall–Kier alpha value is -2.96. The van der Waals surface area contributed by atoms with Crippen LogP contribution in [0.3, 0.4) is 0 Å². The predicted molar refractivity (Wildman–Crippen MR) is 83.0 cm³/mol. The van der Waals surface area contributed by atoms with E-state index < -0.39 is 4.92 Å². The molecule has 7 heteroatoms. The van der Waals surface area contributed by atoms with Gasteiger partial charge in [0, 0.05) is 25.5 Å². The lowest BCUT2D eigenvalue weighted by atomic mass is 10.0. The first kappa shape index (κ1) is 15.0. The van der Waals surface area contributed by atoms with Crippen molar-refractivity contribution >= 4 is 17.3 Å². The van der Waals surface area contributed by atoms with E-state index in [0.717, 1.165) is 5.76 Å². The Labute approximate surface area is 132 Å².